The van der Waals surface area contributed by atoms with Gasteiger partial charge in [-0.1, -0.05) is 0 Å². The first kappa shape index (κ1) is 15.3. The molecule has 1 heterocycles. The SMILES string of the molecule is CCOc1ccc(NC(=S)Nc2cn(CC)nc2C)cc1. The summed E-state index contributed by atoms with van der Waals surface area (Å²) >= 11 is 5.32. The van der Waals surface area contributed by atoms with E-state index in [1.165, 1.54) is 0 Å². The van der Waals surface area contributed by atoms with Gasteiger partial charge in [-0.15, -0.1) is 0 Å². The molecule has 2 rings (SSSR count). The van der Waals surface area contributed by atoms with Crippen LogP contribution in [0, 0.1) is 6.92 Å². The molecule has 0 aliphatic heterocycles. The van der Waals surface area contributed by atoms with Crippen molar-refractivity contribution in [2.24, 2.45) is 0 Å². The van der Waals surface area contributed by atoms with E-state index in [9.17, 15) is 0 Å². The highest BCUT2D eigenvalue weighted by molar-refractivity contribution is 7.80. The van der Waals surface area contributed by atoms with Crippen molar-refractivity contribution in [2.45, 2.75) is 27.3 Å². The largest absolute Gasteiger partial charge is 0.494 e. The number of anilines is 2. The fourth-order valence-electron chi connectivity index (χ4n) is 1.89. The van der Waals surface area contributed by atoms with E-state index in [0.717, 1.165) is 29.4 Å². The van der Waals surface area contributed by atoms with Crippen LogP contribution >= 0.6 is 12.2 Å². The number of aryl methyl sites for hydroxylation is 2. The summed E-state index contributed by atoms with van der Waals surface area (Å²) in [7, 11) is 0. The van der Waals surface area contributed by atoms with Crippen LogP contribution in [0.3, 0.4) is 0 Å². The van der Waals surface area contributed by atoms with E-state index in [1.54, 1.807) is 0 Å². The molecule has 0 aliphatic carbocycles. The average molecular weight is 304 g/mol. The first-order valence-electron chi connectivity index (χ1n) is 6.97. The number of nitrogens with zero attached hydrogens (tertiary/aromatic N) is 2. The number of hydrogen-bond acceptors (Lipinski definition) is 3. The molecule has 0 amide bonds. The van der Waals surface area contributed by atoms with Gasteiger partial charge in [-0.2, -0.15) is 5.10 Å². The van der Waals surface area contributed by atoms with Gasteiger partial charge in [0.2, 0.25) is 0 Å². The molecule has 0 radical (unpaired) electrons. The monoisotopic (exact) mass is 304 g/mol. The molecule has 0 saturated heterocycles. The number of thiocarbonyl (C=S) groups is 1. The third-order valence-electron chi connectivity index (χ3n) is 2.94. The molecule has 1 aromatic carbocycles. The van der Waals surface area contributed by atoms with Crippen molar-refractivity contribution in [3.8, 4) is 5.75 Å². The van der Waals surface area contributed by atoms with Crippen molar-refractivity contribution < 1.29 is 4.74 Å². The molecule has 2 aromatic rings. The summed E-state index contributed by atoms with van der Waals surface area (Å²) in [5.74, 6) is 0.849. The molecule has 0 spiro atoms. The van der Waals surface area contributed by atoms with Gasteiger partial charge in [-0.05, 0) is 57.3 Å². The predicted molar refractivity (Wildman–Crippen MR) is 90.1 cm³/mol. The molecule has 1 aromatic heterocycles. The van der Waals surface area contributed by atoms with Crippen molar-refractivity contribution >= 4 is 28.7 Å². The molecule has 0 aliphatic rings. The summed E-state index contributed by atoms with van der Waals surface area (Å²) < 4.78 is 7.28. The number of rotatable bonds is 5. The molecule has 5 nitrogen and oxygen atoms in total. The second kappa shape index (κ2) is 7.08. The molecule has 6 heteroatoms. The Kier molecular flexibility index (Phi) is 5.16. The topological polar surface area (TPSA) is 51.1 Å². The highest BCUT2D eigenvalue weighted by atomic mass is 32.1. The van der Waals surface area contributed by atoms with Crippen LogP contribution < -0.4 is 15.4 Å². The summed E-state index contributed by atoms with van der Waals surface area (Å²) in [6.07, 6.45) is 1.95. The van der Waals surface area contributed by atoms with Crippen LogP contribution in [0.4, 0.5) is 11.4 Å². The van der Waals surface area contributed by atoms with Crippen molar-refractivity contribution in [1.82, 2.24) is 9.78 Å². The minimum atomic E-state index is 0.540. The van der Waals surface area contributed by atoms with Crippen molar-refractivity contribution in [3.05, 3.63) is 36.2 Å². The van der Waals surface area contributed by atoms with Gasteiger partial charge in [0.05, 0.1) is 18.0 Å². The van der Waals surface area contributed by atoms with Gasteiger partial charge in [-0.25, -0.2) is 0 Å². The van der Waals surface area contributed by atoms with E-state index in [0.29, 0.717) is 11.7 Å². The fourth-order valence-corrected chi connectivity index (χ4v) is 2.12. The molecule has 0 bridgehead atoms. The Labute approximate surface area is 130 Å². The summed E-state index contributed by atoms with van der Waals surface area (Å²) in [6, 6.07) is 7.69. The van der Waals surface area contributed by atoms with E-state index in [-0.39, 0.29) is 0 Å². The Bertz CT molecular complexity index is 607. The second-order valence-electron chi connectivity index (χ2n) is 4.52. The van der Waals surface area contributed by atoms with Crippen LogP contribution in [0.2, 0.25) is 0 Å². The second-order valence-corrected chi connectivity index (χ2v) is 4.93. The summed E-state index contributed by atoms with van der Waals surface area (Å²) in [5, 5.41) is 11.2. The lowest BCUT2D eigenvalue weighted by Crippen LogP contribution is -2.19. The highest BCUT2D eigenvalue weighted by Gasteiger charge is 2.06. The van der Waals surface area contributed by atoms with E-state index in [1.807, 2.05) is 55.9 Å². The smallest absolute Gasteiger partial charge is 0.175 e. The van der Waals surface area contributed by atoms with E-state index in [4.69, 9.17) is 17.0 Å². The number of aromatic nitrogens is 2. The van der Waals surface area contributed by atoms with E-state index in [2.05, 4.69) is 15.7 Å². The summed E-state index contributed by atoms with van der Waals surface area (Å²) in [4.78, 5) is 0. The van der Waals surface area contributed by atoms with Gasteiger partial charge in [0.1, 0.15) is 5.75 Å². The highest BCUT2D eigenvalue weighted by Crippen LogP contribution is 2.17. The quantitative estimate of drug-likeness (QED) is 0.829. The minimum absolute atomic E-state index is 0.540. The first-order valence-corrected chi connectivity index (χ1v) is 7.38. The van der Waals surface area contributed by atoms with Gasteiger partial charge < -0.3 is 15.4 Å². The Morgan fingerprint density at radius 3 is 2.52 bits per heavy atom. The summed E-state index contributed by atoms with van der Waals surface area (Å²) in [6.45, 7) is 7.46. The van der Waals surface area contributed by atoms with Gasteiger partial charge in [0.25, 0.3) is 0 Å². The van der Waals surface area contributed by atoms with Gasteiger partial charge in [0.15, 0.2) is 5.11 Å². The lowest BCUT2D eigenvalue weighted by molar-refractivity contribution is 0.340. The Balaban J connectivity index is 1.96. The van der Waals surface area contributed by atoms with Crippen LogP contribution in [0.1, 0.15) is 19.5 Å². The summed E-state index contributed by atoms with van der Waals surface area (Å²) in [5.41, 5.74) is 2.75. The van der Waals surface area contributed by atoms with Crippen LogP contribution in [-0.4, -0.2) is 21.5 Å². The Morgan fingerprint density at radius 2 is 1.95 bits per heavy atom. The van der Waals surface area contributed by atoms with Crippen molar-refractivity contribution in [1.29, 1.82) is 0 Å². The molecule has 0 unspecified atom stereocenters. The zero-order chi connectivity index (χ0) is 15.2. The Hall–Kier alpha value is -2.08. The van der Waals surface area contributed by atoms with Crippen molar-refractivity contribution in [2.75, 3.05) is 17.2 Å². The molecule has 21 heavy (non-hydrogen) atoms. The fraction of sp³-hybridized carbons (Fsp3) is 0.333. The lowest BCUT2D eigenvalue weighted by atomic mass is 10.3. The van der Waals surface area contributed by atoms with Gasteiger partial charge in [-0.3, -0.25) is 4.68 Å². The molecule has 112 valence electrons. The molecule has 0 atom stereocenters. The normalized spacial score (nSPS) is 10.2. The van der Waals surface area contributed by atoms with Gasteiger partial charge >= 0.3 is 0 Å². The zero-order valence-corrected chi connectivity index (χ0v) is 13.3. The van der Waals surface area contributed by atoms with Crippen molar-refractivity contribution in [3.63, 3.8) is 0 Å². The maximum Gasteiger partial charge on any atom is 0.175 e. The third kappa shape index (κ3) is 4.19. The molecular formula is C15H20N4OS. The molecule has 0 saturated carbocycles. The van der Waals surface area contributed by atoms with Gasteiger partial charge in [0, 0.05) is 18.4 Å². The zero-order valence-electron chi connectivity index (χ0n) is 12.5. The van der Waals surface area contributed by atoms with E-state index < -0.39 is 0 Å². The number of hydrogen-bond donors (Lipinski definition) is 2. The minimum Gasteiger partial charge on any atom is -0.494 e. The molecule has 0 fully saturated rings. The number of ether oxygens (including phenoxy) is 1. The van der Waals surface area contributed by atoms with Crippen LogP contribution in [0.5, 0.6) is 5.75 Å². The average Bonchev–Trinajstić information content (AvgIpc) is 2.82. The van der Waals surface area contributed by atoms with Crippen LogP contribution in [0.25, 0.3) is 0 Å². The third-order valence-corrected chi connectivity index (χ3v) is 3.15. The molecular weight excluding hydrogens is 284 g/mol. The maximum absolute atomic E-state index is 5.41. The predicted octanol–water partition coefficient (Wildman–Crippen LogP) is 3.42. The van der Waals surface area contributed by atoms with E-state index >= 15 is 0 Å². The first-order chi connectivity index (χ1) is 10.1. The molecule has 2 N–H and O–H groups in total. The number of nitrogens with one attached hydrogen (secondary N) is 2. The van der Waals surface area contributed by atoms with Crippen LogP contribution in [-0.2, 0) is 6.54 Å². The lowest BCUT2D eigenvalue weighted by Gasteiger charge is -2.10. The van der Waals surface area contributed by atoms with Crippen LogP contribution in [0.15, 0.2) is 30.5 Å². The Morgan fingerprint density at radius 1 is 1.24 bits per heavy atom. The standard InChI is InChI=1S/C15H20N4OS/c1-4-19-10-14(11(3)18-19)17-15(21)16-12-6-8-13(9-7-12)20-5-2/h6-10H,4-5H2,1-3H3,(H2,16,17,21). The number of benzene rings is 1. The maximum atomic E-state index is 5.41.